The van der Waals surface area contributed by atoms with E-state index in [4.69, 9.17) is 10.5 Å². The van der Waals surface area contributed by atoms with Crippen LogP contribution in [-0.2, 0) is 4.74 Å². The normalized spacial score (nSPS) is 17.2. The molecule has 0 saturated carbocycles. The predicted octanol–water partition coefficient (Wildman–Crippen LogP) is 1.94. The van der Waals surface area contributed by atoms with E-state index in [1.165, 1.54) is 6.07 Å². The van der Waals surface area contributed by atoms with E-state index in [9.17, 15) is 4.39 Å². The van der Waals surface area contributed by atoms with Gasteiger partial charge >= 0.3 is 0 Å². The minimum atomic E-state index is -0.243. The van der Waals surface area contributed by atoms with Crippen molar-refractivity contribution in [2.24, 2.45) is 0 Å². The summed E-state index contributed by atoms with van der Waals surface area (Å²) in [7, 11) is 0. The SMILES string of the molecule is Cc1cc(N2CCCOCC2)c(N)cc1F. The van der Waals surface area contributed by atoms with Crippen molar-refractivity contribution in [3.05, 3.63) is 23.5 Å². The highest BCUT2D eigenvalue weighted by Crippen LogP contribution is 2.27. The number of hydrogen-bond donors (Lipinski definition) is 1. The van der Waals surface area contributed by atoms with Crippen molar-refractivity contribution in [3.63, 3.8) is 0 Å². The van der Waals surface area contributed by atoms with E-state index >= 15 is 0 Å². The van der Waals surface area contributed by atoms with Gasteiger partial charge in [-0.25, -0.2) is 4.39 Å². The van der Waals surface area contributed by atoms with E-state index in [-0.39, 0.29) is 5.82 Å². The van der Waals surface area contributed by atoms with Crippen molar-refractivity contribution in [2.75, 3.05) is 36.9 Å². The Labute approximate surface area is 95.0 Å². The summed E-state index contributed by atoms with van der Waals surface area (Å²) in [6, 6.07) is 3.21. The number of halogens is 1. The van der Waals surface area contributed by atoms with E-state index in [2.05, 4.69) is 4.90 Å². The number of nitrogens with zero attached hydrogens (tertiary/aromatic N) is 1. The fourth-order valence-electron chi connectivity index (χ4n) is 1.94. The van der Waals surface area contributed by atoms with Crippen LogP contribution in [0.25, 0.3) is 0 Å². The molecule has 1 saturated heterocycles. The Hall–Kier alpha value is -1.29. The Morgan fingerprint density at radius 1 is 1.31 bits per heavy atom. The maximum atomic E-state index is 13.3. The Kier molecular flexibility index (Phi) is 3.29. The predicted molar refractivity (Wildman–Crippen MR) is 63.2 cm³/mol. The van der Waals surface area contributed by atoms with Crippen LogP contribution in [0.3, 0.4) is 0 Å². The molecule has 0 atom stereocenters. The van der Waals surface area contributed by atoms with E-state index in [0.29, 0.717) is 17.9 Å². The first-order valence-electron chi connectivity index (χ1n) is 5.57. The number of ether oxygens (including phenoxy) is 1. The average molecular weight is 224 g/mol. The van der Waals surface area contributed by atoms with Crippen LogP contribution in [0.5, 0.6) is 0 Å². The first-order chi connectivity index (χ1) is 7.68. The minimum Gasteiger partial charge on any atom is -0.397 e. The third-order valence-corrected chi connectivity index (χ3v) is 2.87. The standard InChI is InChI=1S/C12H17FN2O/c1-9-7-12(11(14)8-10(9)13)15-3-2-5-16-6-4-15/h7-8H,2-6,14H2,1H3. The van der Waals surface area contributed by atoms with Gasteiger partial charge in [-0.3, -0.25) is 0 Å². The summed E-state index contributed by atoms with van der Waals surface area (Å²) in [5, 5.41) is 0. The first-order valence-corrected chi connectivity index (χ1v) is 5.57. The van der Waals surface area contributed by atoms with Gasteiger partial charge in [-0.1, -0.05) is 0 Å². The van der Waals surface area contributed by atoms with E-state index in [1.54, 1.807) is 6.92 Å². The van der Waals surface area contributed by atoms with Crippen LogP contribution in [0.4, 0.5) is 15.8 Å². The summed E-state index contributed by atoms with van der Waals surface area (Å²) in [6.07, 6.45) is 0.982. The summed E-state index contributed by atoms with van der Waals surface area (Å²) in [5.74, 6) is -0.243. The van der Waals surface area contributed by atoms with E-state index in [0.717, 1.165) is 31.8 Å². The third kappa shape index (κ3) is 2.27. The zero-order valence-corrected chi connectivity index (χ0v) is 9.50. The molecule has 1 aliphatic rings. The van der Waals surface area contributed by atoms with Crippen LogP contribution >= 0.6 is 0 Å². The van der Waals surface area contributed by atoms with Crippen molar-refractivity contribution in [2.45, 2.75) is 13.3 Å². The molecule has 1 aliphatic heterocycles. The molecule has 1 fully saturated rings. The molecule has 0 aliphatic carbocycles. The van der Waals surface area contributed by atoms with Gasteiger partial charge in [0.2, 0.25) is 0 Å². The quantitative estimate of drug-likeness (QED) is 0.741. The van der Waals surface area contributed by atoms with Crippen molar-refractivity contribution >= 4 is 11.4 Å². The van der Waals surface area contributed by atoms with Gasteiger partial charge in [0.25, 0.3) is 0 Å². The molecule has 0 amide bonds. The van der Waals surface area contributed by atoms with Crippen LogP contribution < -0.4 is 10.6 Å². The number of hydrogen-bond acceptors (Lipinski definition) is 3. The van der Waals surface area contributed by atoms with E-state index in [1.807, 2.05) is 6.07 Å². The van der Waals surface area contributed by atoms with Crippen molar-refractivity contribution in [3.8, 4) is 0 Å². The minimum absolute atomic E-state index is 0.243. The molecule has 1 aromatic rings. The second-order valence-corrected chi connectivity index (χ2v) is 4.11. The Balaban J connectivity index is 2.27. The molecule has 88 valence electrons. The van der Waals surface area contributed by atoms with Gasteiger partial charge in [0.1, 0.15) is 5.82 Å². The molecule has 2 N–H and O–H groups in total. The molecule has 0 radical (unpaired) electrons. The molecular weight excluding hydrogens is 207 g/mol. The molecule has 0 aromatic heterocycles. The van der Waals surface area contributed by atoms with Crippen molar-refractivity contribution < 1.29 is 9.13 Å². The lowest BCUT2D eigenvalue weighted by Crippen LogP contribution is -2.26. The number of nitrogen functional groups attached to an aromatic ring is 1. The van der Waals surface area contributed by atoms with Crippen LogP contribution in [0.1, 0.15) is 12.0 Å². The fourth-order valence-corrected chi connectivity index (χ4v) is 1.94. The first kappa shape index (κ1) is 11.2. The van der Waals surface area contributed by atoms with Crippen LogP contribution in [0.2, 0.25) is 0 Å². The lowest BCUT2D eigenvalue weighted by molar-refractivity contribution is 0.152. The molecular formula is C12H17FN2O. The van der Waals surface area contributed by atoms with Crippen molar-refractivity contribution in [1.82, 2.24) is 0 Å². The van der Waals surface area contributed by atoms with Crippen LogP contribution in [-0.4, -0.2) is 26.3 Å². The van der Waals surface area contributed by atoms with Crippen molar-refractivity contribution in [1.29, 1.82) is 0 Å². The number of rotatable bonds is 1. The zero-order valence-electron chi connectivity index (χ0n) is 9.50. The Bertz CT molecular complexity index is 374. The summed E-state index contributed by atoms with van der Waals surface area (Å²) >= 11 is 0. The van der Waals surface area contributed by atoms with Gasteiger partial charge in [0.15, 0.2) is 0 Å². The molecule has 1 aromatic carbocycles. The van der Waals surface area contributed by atoms with Crippen LogP contribution in [0.15, 0.2) is 12.1 Å². The van der Waals surface area contributed by atoms with Gasteiger partial charge in [0.05, 0.1) is 18.0 Å². The third-order valence-electron chi connectivity index (χ3n) is 2.87. The summed E-state index contributed by atoms with van der Waals surface area (Å²) < 4.78 is 18.7. The lowest BCUT2D eigenvalue weighted by Gasteiger charge is -2.24. The lowest BCUT2D eigenvalue weighted by atomic mass is 10.1. The van der Waals surface area contributed by atoms with Gasteiger partial charge in [-0.15, -0.1) is 0 Å². The molecule has 2 rings (SSSR count). The molecule has 4 heteroatoms. The number of anilines is 2. The molecule has 0 spiro atoms. The second kappa shape index (κ2) is 4.70. The monoisotopic (exact) mass is 224 g/mol. The summed E-state index contributed by atoms with van der Waals surface area (Å²) in [6.45, 7) is 4.98. The Morgan fingerprint density at radius 3 is 2.94 bits per heavy atom. The molecule has 1 heterocycles. The maximum absolute atomic E-state index is 13.3. The van der Waals surface area contributed by atoms with Crippen LogP contribution in [0, 0.1) is 12.7 Å². The van der Waals surface area contributed by atoms with Gasteiger partial charge < -0.3 is 15.4 Å². The highest BCUT2D eigenvalue weighted by molar-refractivity contribution is 5.68. The molecule has 16 heavy (non-hydrogen) atoms. The largest absolute Gasteiger partial charge is 0.397 e. The Morgan fingerprint density at radius 2 is 2.12 bits per heavy atom. The molecule has 3 nitrogen and oxygen atoms in total. The number of benzene rings is 1. The number of nitrogens with two attached hydrogens (primary N) is 1. The summed E-state index contributed by atoms with van der Waals surface area (Å²) in [4.78, 5) is 2.16. The highest BCUT2D eigenvalue weighted by atomic mass is 19.1. The van der Waals surface area contributed by atoms with Gasteiger partial charge in [0, 0.05) is 19.7 Å². The zero-order chi connectivity index (χ0) is 11.5. The average Bonchev–Trinajstić information content (AvgIpc) is 2.52. The molecule has 0 bridgehead atoms. The molecule has 0 unspecified atom stereocenters. The number of aryl methyl sites for hydroxylation is 1. The van der Waals surface area contributed by atoms with Gasteiger partial charge in [-0.2, -0.15) is 0 Å². The fraction of sp³-hybridized carbons (Fsp3) is 0.500. The summed E-state index contributed by atoms with van der Waals surface area (Å²) in [5.41, 5.74) is 7.91. The second-order valence-electron chi connectivity index (χ2n) is 4.11. The smallest absolute Gasteiger partial charge is 0.128 e. The maximum Gasteiger partial charge on any atom is 0.128 e. The van der Waals surface area contributed by atoms with E-state index < -0.39 is 0 Å². The van der Waals surface area contributed by atoms with Gasteiger partial charge in [-0.05, 0) is 31.0 Å². The highest BCUT2D eigenvalue weighted by Gasteiger charge is 2.14. The topological polar surface area (TPSA) is 38.5 Å².